The van der Waals surface area contributed by atoms with Crippen molar-refractivity contribution in [3.05, 3.63) is 23.5 Å². The predicted octanol–water partition coefficient (Wildman–Crippen LogP) is 1.48. The minimum Gasteiger partial charge on any atom is -0.330 e. The van der Waals surface area contributed by atoms with Gasteiger partial charge in [0.1, 0.15) is 0 Å². The molecule has 3 heteroatoms. The Kier molecular flexibility index (Phi) is 3.37. The minimum absolute atomic E-state index is 0.327. The van der Waals surface area contributed by atoms with E-state index >= 15 is 0 Å². The maximum Gasteiger partial charge on any atom is 0.0677 e. The maximum absolute atomic E-state index is 5.68. The first-order valence-electron chi connectivity index (χ1n) is 4.65. The van der Waals surface area contributed by atoms with E-state index in [0.717, 1.165) is 11.4 Å². The van der Waals surface area contributed by atoms with Crippen molar-refractivity contribution in [1.82, 2.24) is 10.2 Å². The molecule has 3 nitrogen and oxygen atoms in total. The van der Waals surface area contributed by atoms with E-state index in [2.05, 4.69) is 24.0 Å². The Morgan fingerprint density at radius 1 is 1.31 bits per heavy atom. The summed E-state index contributed by atoms with van der Waals surface area (Å²) in [6.07, 6.45) is 0. The predicted molar refractivity (Wildman–Crippen MR) is 53.4 cm³/mol. The fourth-order valence-electron chi connectivity index (χ4n) is 1.34. The summed E-state index contributed by atoms with van der Waals surface area (Å²) in [6, 6.07) is 3.99. The SMILES string of the molecule is Cc1ccc([C@H](CN)C(C)C)nn1. The summed E-state index contributed by atoms with van der Waals surface area (Å²) in [7, 11) is 0. The number of rotatable bonds is 3. The van der Waals surface area contributed by atoms with Crippen LogP contribution in [0.15, 0.2) is 12.1 Å². The molecule has 0 saturated carbocycles. The molecule has 1 rings (SSSR count). The number of nitrogens with two attached hydrogens (primary N) is 1. The highest BCUT2D eigenvalue weighted by atomic mass is 15.1. The topological polar surface area (TPSA) is 51.8 Å². The monoisotopic (exact) mass is 179 g/mol. The second kappa shape index (κ2) is 4.33. The lowest BCUT2D eigenvalue weighted by Crippen LogP contribution is -2.19. The largest absolute Gasteiger partial charge is 0.330 e. The zero-order chi connectivity index (χ0) is 9.84. The van der Waals surface area contributed by atoms with Crippen LogP contribution in [0.5, 0.6) is 0 Å². The smallest absolute Gasteiger partial charge is 0.0677 e. The van der Waals surface area contributed by atoms with Gasteiger partial charge in [-0.25, -0.2) is 0 Å². The Balaban J connectivity index is 2.86. The van der Waals surface area contributed by atoms with Gasteiger partial charge in [0.05, 0.1) is 11.4 Å². The standard InChI is InChI=1S/C10H17N3/c1-7(2)9(6-11)10-5-4-8(3)12-13-10/h4-5,7,9H,6,11H2,1-3H3/t9-/m1/s1. The molecule has 1 aromatic rings. The average Bonchev–Trinajstić information content (AvgIpc) is 2.09. The van der Waals surface area contributed by atoms with Crippen molar-refractivity contribution in [1.29, 1.82) is 0 Å². The first kappa shape index (κ1) is 10.1. The van der Waals surface area contributed by atoms with Gasteiger partial charge in [0.25, 0.3) is 0 Å². The third-order valence-electron chi connectivity index (χ3n) is 2.26. The summed E-state index contributed by atoms with van der Waals surface area (Å²) in [4.78, 5) is 0. The van der Waals surface area contributed by atoms with Crippen molar-refractivity contribution in [2.45, 2.75) is 26.7 Å². The molecule has 0 bridgehead atoms. The lowest BCUT2D eigenvalue weighted by Gasteiger charge is -2.17. The Morgan fingerprint density at radius 2 is 2.00 bits per heavy atom. The van der Waals surface area contributed by atoms with Crippen molar-refractivity contribution in [2.24, 2.45) is 11.7 Å². The van der Waals surface area contributed by atoms with E-state index in [0.29, 0.717) is 18.4 Å². The molecule has 2 N–H and O–H groups in total. The van der Waals surface area contributed by atoms with Crippen LogP contribution < -0.4 is 5.73 Å². The number of aryl methyl sites for hydroxylation is 1. The van der Waals surface area contributed by atoms with Gasteiger partial charge in [-0.1, -0.05) is 13.8 Å². The van der Waals surface area contributed by atoms with Gasteiger partial charge in [0, 0.05) is 12.5 Å². The summed E-state index contributed by atoms with van der Waals surface area (Å²) < 4.78 is 0. The van der Waals surface area contributed by atoms with Crippen LogP contribution in [0.1, 0.15) is 31.2 Å². The van der Waals surface area contributed by atoms with Gasteiger partial charge in [-0.15, -0.1) is 0 Å². The van der Waals surface area contributed by atoms with Crippen LogP contribution in [0.3, 0.4) is 0 Å². The zero-order valence-corrected chi connectivity index (χ0v) is 8.49. The molecular weight excluding hydrogens is 162 g/mol. The molecule has 72 valence electrons. The first-order valence-corrected chi connectivity index (χ1v) is 4.65. The van der Waals surface area contributed by atoms with Crippen molar-refractivity contribution in [3.8, 4) is 0 Å². The van der Waals surface area contributed by atoms with Crippen molar-refractivity contribution in [3.63, 3.8) is 0 Å². The summed E-state index contributed by atoms with van der Waals surface area (Å²) in [6.45, 7) is 6.87. The molecule has 13 heavy (non-hydrogen) atoms. The maximum atomic E-state index is 5.68. The normalized spacial score (nSPS) is 13.3. The Hall–Kier alpha value is -0.960. The Labute approximate surface area is 79.4 Å². The molecule has 0 aliphatic rings. The zero-order valence-electron chi connectivity index (χ0n) is 8.49. The summed E-state index contributed by atoms with van der Waals surface area (Å²) in [5, 5.41) is 8.17. The van der Waals surface area contributed by atoms with Gasteiger partial charge in [0.15, 0.2) is 0 Å². The molecule has 1 atom stereocenters. The molecule has 0 saturated heterocycles. The van der Waals surface area contributed by atoms with Gasteiger partial charge in [-0.05, 0) is 25.0 Å². The number of hydrogen-bond acceptors (Lipinski definition) is 3. The van der Waals surface area contributed by atoms with Crippen LogP contribution >= 0.6 is 0 Å². The van der Waals surface area contributed by atoms with Gasteiger partial charge in [-0.2, -0.15) is 10.2 Å². The molecule has 0 aliphatic heterocycles. The van der Waals surface area contributed by atoms with Gasteiger partial charge in [0.2, 0.25) is 0 Å². The van der Waals surface area contributed by atoms with Crippen LogP contribution in [0.25, 0.3) is 0 Å². The molecule has 0 fully saturated rings. The van der Waals surface area contributed by atoms with Crippen LogP contribution in [0.2, 0.25) is 0 Å². The van der Waals surface area contributed by atoms with Crippen LogP contribution in [0, 0.1) is 12.8 Å². The fourth-order valence-corrected chi connectivity index (χ4v) is 1.34. The Morgan fingerprint density at radius 3 is 2.38 bits per heavy atom. The second-order valence-electron chi connectivity index (χ2n) is 3.69. The minimum atomic E-state index is 0.327. The highest BCUT2D eigenvalue weighted by Gasteiger charge is 2.15. The highest BCUT2D eigenvalue weighted by molar-refractivity contribution is 5.11. The summed E-state index contributed by atoms with van der Waals surface area (Å²) >= 11 is 0. The van der Waals surface area contributed by atoms with E-state index in [1.807, 2.05) is 19.1 Å². The molecule has 0 aromatic carbocycles. The molecule has 1 aromatic heterocycles. The number of nitrogens with zero attached hydrogens (tertiary/aromatic N) is 2. The van der Waals surface area contributed by atoms with E-state index in [1.165, 1.54) is 0 Å². The highest BCUT2D eigenvalue weighted by Crippen LogP contribution is 2.20. The lowest BCUT2D eigenvalue weighted by molar-refractivity contribution is 0.490. The van der Waals surface area contributed by atoms with Crippen LogP contribution in [-0.4, -0.2) is 16.7 Å². The Bertz CT molecular complexity index is 253. The van der Waals surface area contributed by atoms with Gasteiger partial charge in [-0.3, -0.25) is 0 Å². The van der Waals surface area contributed by atoms with E-state index in [4.69, 9.17) is 5.73 Å². The van der Waals surface area contributed by atoms with Crippen molar-refractivity contribution < 1.29 is 0 Å². The van der Waals surface area contributed by atoms with Gasteiger partial charge >= 0.3 is 0 Å². The van der Waals surface area contributed by atoms with E-state index in [9.17, 15) is 0 Å². The van der Waals surface area contributed by atoms with E-state index < -0.39 is 0 Å². The molecule has 0 spiro atoms. The lowest BCUT2D eigenvalue weighted by atomic mass is 9.92. The van der Waals surface area contributed by atoms with Crippen molar-refractivity contribution >= 4 is 0 Å². The van der Waals surface area contributed by atoms with Gasteiger partial charge < -0.3 is 5.73 Å². The second-order valence-corrected chi connectivity index (χ2v) is 3.69. The molecular formula is C10H17N3. The molecule has 0 aliphatic carbocycles. The first-order chi connectivity index (χ1) is 6.15. The third-order valence-corrected chi connectivity index (χ3v) is 2.26. The molecule has 1 heterocycles. The number of aromatic nitrogens is 2. The van der Waals surface area contributed by atoms with Crippen LogP contribution in [-0.2, 0) is 0 Å². The van der Waals surface area contributed by atoms with E-state index in [-0.39, 0.29) is 0 Å². The molecule has 0 amide bonds. The van der Waals surface area contributed by atoms with Crippen molar-refractivity contribution in [2.75, 3.05) is 6.54 Å². The molecule has 0 radical (unpaired) electrons. The molecule has 0 unspecified atom stereocenters. The van der Waals surface area contributed by atoms with E-state index in [1.54, 1.807) is 0 Å². The fraction of sp³-hybridized carbons (Fsp3) is 0.600. The number of hydrogen-bond donors (Lipinski definition) is 1. The quantitative estimate of drug-likeness (QED) is 0.764. The summed E-state index contributed by atoms with van der Waals surface area (Å²) in [5.74, 6) is 0.843. The average molecular weight is 179 g/mol. The summed E-state index contributed by atoms with van der Waals surface area (Å²) in [5.41, 5.74) is 7.63. The third kappa shape index (κ3) is 2.49. The van der Waals surface area contributed by atoms with Crippen LogP contribution in [0.4, 0.5) is 0 Å².